The van der Waals surface area contributed by atoms with Crippen LogP contribution in [0.3, 0.4) is 0 Å². The smallest absolute Gasteiger partial charge is 0.0936 e. The standard InChI is InChI=1S/C14H28N2O2/c1-12(2)8-13-9-16(5-3-4-15-13)10-14-11-17-6-7-18-14/h12-15H,3-11H2,1-2H3. The second kappa shape index (κ2) is 7.43. The molecule has 0 bridgehead atoms. The van der Waals surface area contributed by atoms with E-state index in [1.807, 2.05) is 0 Å². The molecule has 0 aliphatic carbocycles. The van der Waals surface area contributed by atoms with Crippen molar-refractivity contribution in [2.45, 2.75) is 38.8 Å². The van der Waals surface area contributed by atoms with Gasteiger partial charge in [-0.1, -0.05) is 13.8 Å². The van der Waals surface area contributed by atoms with Crippen LogP contribution in [-0.4, -0.2) is 63.0 Å². The number of rotatable bonds is 4. The maximum atomic E-state index is 5.75. The first-order valence-electron chi connectivity index (χ1n) is 7.39. The molecule has 0 spiro atoms. The van der Waals surface area contributed by atoms with Crippen molar-refractivity contribution in [3.63, 3.8) is 0 Å². The number of ether oxygens (including phenoxy) is 2. The van der Waals surface area contributed by atoms with Gasteiger partial charge >= 0.3 is 0 Å². The largest absolute Gasteiger partial charge is 0.376 e. The van der Waals surface area contributed by atoms with Gasteiger partial charge in [0.25, 0.3) is 0 Å². The minimum atomic E-state index is 0.275. The zero-order chi connectivity index (χ0) is 12.8. The third-order valence-electron chi connectivity index (χ3n) is 3.67. The van der Waals surface area contributed by atoms with Crippen molar-refractivity contribution in [2.24, 2.45) is 5.92 Å². The first-order valence-corrected chi connectivity index (χ1v) is 7.39. The van der Waals surface area contributed by atoms with Gasteiger partial charge in [-0.2, -0.15) is 0 Å². The molecule has 0 amide bonds. The molecule has 2 fully saturated rings. The fourth-order valence-corrected chi connectivity index (χ4v) is 2.90. The Morgan fingerprint density at radius 2 is 2.22 bits per heavy atom. The van der Waals surface area contributed by atoms with Gasteiger partial charge in [-0.3, -0.25) is 4.90 Å². The Labute approximate surface area is 111 Å². The summed E-state index contributed by atoms with van der Waals surface area (Å²) < 4.78 is 11.2. The van der Waals surface area contributed by atoms with Gasteiger partial charge in [-0.25, -0.2) is 0 Å². The van der Waals surface area contributed by atoms with Crippen molar-refractivity contribution in [1.82, 2.24) is 10.2 Å². The molecular formula is C14H28N2O2. The highest BCUT2D eigenvalue weighted by atomic mass is 16.6. The van der Waals surface area contributed by atoms with E-state index >= 15 is 0 Å². The summed E-state index contributed by atoms with van der Waals surface area (Å²) in [6.45, 7) is 11.4. The van der Waals surface area contributed by atoms with Crippen molar-refractivity contribution in [2.75, 3.05) is 46.0 Å². The summed E-state index contributed by atoms with van der Waals surface area (Å²) in [5.74, 6) is 0.761. The molecule has 0 aromatic rings. The van der Waals surface area contributed by atoms with Crippen LogP contribution in [0.25, 0.3) is 0 Å². The average molecular weight is 256 g/mol. The molecule has 2 heterocycles. The van der Waals surface area contributed by atoms with E-state index in [4.69, 9.17) is 9.47 Å². The van der Waals surface area contributed by atoms with E-state index in [-0.39, 0.29) is 6.10 Å². The van der Waals surface area contributed by atoms with Gasteiger partial charge in [0.2, 0.25) is 0 Å². The molecule has 0 radical (unpaired) electrons. The topological polar surface area (TPSA) is 33.7 Å². The van der Waals surface area contributed by atoms with Gasteiger partial charge in [-0.05, 0) is 31.8 Å². The van der Waals surface area contributed by atoms with Crippen molar-refractivity contribution < 1.29 is 9.47 Å². The van der Waals surface area contributed by atoms with Crippen LogP contribution < -0.4 is 5.32 Å². The first kappa shape index (κ1) is 14.3. The molecule has 1 N–H and O–H groups in total. The van der Waals surface area contributed by atoms with E-state index in [1.54, 1.807) is 0 Å². The maximum Gasteiger partial charge on any atom is 0.0936 e. The van der Waals surface area contributed by atoms with Crippen LogP contribution >= 0.6 is 0 Å². The number of hydrogen-bond donors (Lipinski definition) is 1. The van der Waals surface area contributed by atoms with Gasteiger partial charge in [0, 0.05) is 19.1 Å². The normalized spacial score (nSPS) is 31.5. The molecule has 106 valence electrons. The van der Waals surface area contributed by atoms with Gasteiger partial charge in [0.15, 0.2) is 0 Å². The van der Waals surface area contributed by atoms with Gasteiger partial charge in [-0.15, -0.1) is 0 Å². The molecule has 18 heavy (non-hydrogen) atoms. The van der Waals surface area contributed by atoms with Crippen LogP contribution in [0.2, 0.25) is 0 Å². The summed E-state index contributed by atoms with van der Waals surface area (Å²) in [5.41, 5.74) is 0. The highest BCUT2D eigenvalue weighted by molar-refractivity contribution is 4.79. The number of nitrogens with zero attached hydrogens (tertiary/aromatic N) is 1. The Kier molecular flexibility index (Phi) is 5.89. The van der Waals surface area contributed by atoms with Gasteiger partial charge in [0.05, 0.1) is 25.9 Å². The lowest BCUT2D eigenvalue weighted by molar-refractivity contribution is -0.0976. The SMILES string of the molecule is CC(C)CC1CN(CC2COCCO2)CCCN1. The summed E-state index contributed by atoms with van der Waals surface area (Å²) in [5, 5.41) is 3.67. The Morgan fingerprint density at radius 1 is 1.33 bits per heavy atom. The fraction of sp³-hybridized carbons (Fsp3) is 1.00. The van der Waals surface area contributed by atoms with Crippen LogP contribution in [0.4, 0.5) is 0 Å². The summed E-state index contributed by atoms with van der Waals surface area (Å²) in [7, 11) is 0. The molecule has 0 aromatic heterocycles. The quantitative estimate of drug-likeness (QED) is 0.817. The van der Waals surface area contributed by atoms with Crippen molar-refractivity contribution in [1.29, 1.82) is 0 Å². The van der Waals surface area contributed by atoms with E-state index in [9.17, 15) is 0 Å². The Bertz CT molecular complexity index is 230. The van der Waals surface area contributed by atoms with E-state index in [1.165, 1.54) is 19.4 Å². The van der Waals surface area contributed by atoms with E-state index in [0.717, 1.165) is 45.4 Å². The molecule has 2 unspecified atom stereocenters. The molecule has 2 saturated heterocycles. The van der Waals surface area contributed by atoms with Crippen LogP contribution in [0.1, 0.15) is 26.7 Å². The molecule has 0 aromatic carbocycles. The lowest BCUT2D eigenvalue weighted by Gasteiger charge is -2.31. The number of hydrogen-bond acceptors (Lipinski definition) is 4. The summed E-state index contributed by atoms with van der Waals surface area (Å²) in [4.78, 5) is 2.55. The lowest BCUT2D eigenvalue weighted by atomic mass is 10.0. The van der Waals surface area contributed by atoms with Crippen molar-refractivity contribution in [3.05, 3.63) is 0 Å². The van der Waals surface area contributed by atoms with E-state index < -0.39 is 0 Å². The number of nitrogens with one attached hydrogen (secondary N) is 1. The van der Waals surface area contributed by atoms with Crippen molar-refractivity contribution in [3.8, 4) is 0 Å². The minimum absolute atomic E-state index is 0.275. The predicted molar refractivity (Wildman–Crippen MR) is 72.9 cm³/mol. The predicted octanol–water partition coefficient (Wildman–Crippen LogP) is 1.11. The maximum absolute atomic E-state index is 5.75. The molecule has 2 aliphatic rings. The van der Waals surface area contributed by atoms with Crippen molar-refractivity contribution >= 4 is 0 Å². The van der Waals surface area contributed by atoms with Gasteiger partial charge < -0.3 is 14.8 Å². The Hall–Kier alpha value is -0.160. The highest BCUT2D eigenvalue weighted by Crippen LogP contribution is 2.11. The summed E-state index contributed by atoms with van der Waals surface area (Å²) >= 11 is 0. The monoisotopic (exact) mass is 256 g/mol. The van der Waals surface area contributed by atoms with Crippen LogP contribution in [0.15, 0.2) is 0 Å². The zero-order valence-electron chi connectivity index (χ0n) is 11.9. The zero-order valence-corrected chi connectivity index (χ0v) is 11.9. The molecule has 2 atom stereocenters. The third-order valence-corrected chi connectivity index (χ3v) is 3.67. The van der Waals surface area contributed by atoms with Crippen LogP contribution in [0, 0.1) is 5.92 Å². The molecular weight excluding hydrogens is 228 g/mol. The molecule has 2 aliphatic heterocycles. The second-order valence-corrected chi connectivity index (χ2v) is 5.96. The second-order valence-electron chi connectivity index (χ2n) is 5.96. The molecule has 2 rings (SSSR count). The summed E-state index contributed by atoms with van der Waals surface area (Å²) in [6, 6.07) is 0.636. The van der Waals surface area contributed by atoms with Crippen LogP contribution in [0.5, 0.6) is 0 Å². The molecule has 4 heteroatoms. The van der Waals surface area contributed by atoms with E-state index in [0.29, 0.717) is 6.04 Å². The fourth-order valence-electron chi connectivity index (χ4n) is 2.90. The highest BCUT2D eigenvalue weighted by Gasteiger charge is 2.22. The summed E-state index contributed by atoms with van der Waals surface area (Å²) in [6.07, 6.45) is 2.78. The lowest BCUT2D eigenvalue weighted by Crippen LogP contribution is -2.44. The third kappa shape index (κ3) is 4.84. The van der Waals surface area contributed by atoms with Crippen LogP contribution in [-0.2, 0) is 9.47 Å². The molecule has 4 nitrogen and oxygen atoms in total. The van der Waals surface area contributed by atoms with Gasteiger partial charge in [0.1, 0.15) is 0 Å². The van der Waals surface area contributed by atoms with E-state index in [2.05, 4.69) is 24.1 Å². The Balaban J connectivity index is 1.78. The first-order chi connectivity index (χ1) is 8.74. The Morgan fingerprint density at radius 3 is 2.94 bits per heavy atom. The minimum Gasteiger partial charge on any atom is -0.376 e. The average Bonchev–Trinajstić information content (AvgIpc) is 2.55. The molecule has 0 saturated carbocycles.